The van der Waals surface area contributed by atoms with Crippen molar-refractivity contribution in [1.29, 1.82) is 0 Å². The molecule has 1 atom stereocenters. The van der Waals surface area contributed by atoms with Crippen LogP contribution in [-0.4, -0.2) is 36.3 Å². The number of hydrogen-bond donors (Lipinski definition) is 1. The molecule has 0 aromatic heterocycles. The van der Waals surface area contributed by atoms with Crippen LogP contribution >= 0.6 is 0 Å². The van der Waals surface area contributed by atoms with Gasteiger partial charge >= 0.3 is 0 Å². The topological polar surface area (TPSA) is 49.4 Å². The fraction of sp³-hybridized carbons (Fsp3) is 0.385. The summed E-state index contributed by atoms with van der Waals surface area (Å²) >= 11 is 0. The highest BCUT2D eigenvalue weighted by Gasteiger charge is 2.23. The van der Waals surface area contributed by atoms with Crippen molar-refractivity contribution < 1.29 is 9.59 Å². The van der Waals surface area contributed by atoms with Crippen molar-refractivity contribution in [3.8, 4) is 0 Å². The summed E-state index contributed by atoms with van der Waals surface area (Å²) in [6.45, 7) is 1.37. The minimum Gasteiger partial charge on any atom is -0.354 e. The first kappa shape index (κ1) is 11.6. The number of nitrogens with zero attached hydrogens (tertiary/aromatic N) is 1. The van der Waals surface area contributed by atoms with Crippen LogP contribution in [0.15, 0.2) is 30.3 Å². The largest absolute Gasteiger partial charge is 0.354 e. The molecule has 1 N–H and O–H groups in total. The average Bonchev–Trinajstić information content (AvgIpc) is 2.40. The minimum absolute atomic E-state index is 0.0444. The van der Waals surface area contributed by atoms with Gasteiger partial charge in [0, 0.05) is 24.7 Å². The molecule has 17 heavy (non-hydrogen) atoms. The number of carbonyl (C=O) groups is 2. The van der Waals surface area contributed by atoms with Crippen molar-refractivity contribution in [2.45, 2.75) is 18.9 Å². The van der Waals surface area contributed by atoms with E-state index in [4.69, 9.17) is 0 Å². The highest BCUT2D eigenvalue weighted by Crippen LogP contribution is 2.13. The second-order valence-corrected chi connectivity index (χ2v) is 4.24. The normalized spacial score (nSPS) is 19.8. The summed E-state index contributed by atoms with van der Waals surface area (Å²) in [5.74, 6) is 0.0444. The predicted molar refractivity (Wildman–Crippen MR) is 64.6 cm³/mol. The molecule has 0 bridgehead atoms. The lowest BCUT2D eigenvalue weighted by Crippen LogP contribution is -2.47. The van der Waals surface area contributed by atoms with E-state index in [9.17, 15) is 9.59 Å². The molecule has 1 fully saturated rings. The summed E-state index contributed by atoms with van der Waals surface area (Å²) in [6, 6.07) is 9.34. The summed E-state index contributed by atoms with van der Waals surface area (Å²) in [5.41, 5.74) is 0.708. The Morgan fingerprint density at radius 1 is 1.35 bits per heavy atom. The Morgan fingerprint density at radius 2 is 2.12 bits per heavy atom. The van der Waals surface area contributed by atoms with E-state index in [0.717, 1.165) is 19.4 Å². The van der Waals surface area contributed by atoms with Gasteiger partial charge in [0.2, 0.25) is 6.41 Å². The van der Waals surface area contributed by atoms with Crippen molar-refractivity contribution in [3.05, 3.63) is 35.9 Å². The first-order valence-electron chi connectivity index (χ1n) is 5.85. The van der Waals surface area contributed by atoms with Gasteiger partial charge in [0.1, 0.15) is 0 Å². The SMILES string of the molecule is O=CNC1CCCN(C(=O)c2ccccc2)C1. The van der Waals surface area contributed by atoms with E-state index in [-0.39, 0.29) is 11.9 Å². The lowest BCUT2D eigenvalue weighted by molar-refractivity contribution is -0.110. The number of hydrogen-bond acceptors (Lipinski definition) is 2. The van der Waals surface area contributed by atoms with Crippen molar-refractivity contribution in [2.24, 2.45) is 0 Å². The Morgan fingerprint density at radius 3 is 2.82 bits per heavy atom. The van der Waals surface area contributed by atoms with Gasteiger partial charge in [-0.2, -0.15) is 0 Å². The number of piperidine rings is 1. The second kappa shape index (κ2) is 5.48. The van der Waals surface area contributed by atoms with Crippen molar-refractivity contribution in [3.63, 3.8) is 0 Å². The Kier molecular flexibility index (Phi) is 3.75. The van der Waals surface area contributed by atoms with Crippen LogP contribution in [0.5, 0.6) is 0 Å². The van der Waals surface area contributed by atoms with Crippen LogP contribution in [-0.2, 0) is 4.79 Å². The number of amides is 2. The maximum atomic E-state index is 12.2. The van der Waals surface area contributed by atoms with E-state index >= 15 is 0 Å². The zero-order chi connectivity index (χ0) is 12.1. The number of rotatable bonds is 3. The Labute approximate surface area is 101 Å². The summed E-state index contributed by atoms with van der Waals surface area (Å²) in [4.78, 5) is 24.4. The lowest BCUT2D eigenvalue weighted by atomic mass is 10.0. The van der Waals surface area contributed by atoms with E-state index in [0.29, 0.717) is 18.5 Å². The molecular weight excluding hydrogens is 216 g/mol. The number of nitrogens with one attached hydrogen (secondary N) is 1. The Balaban J connectivity index is 2.02. The third kappa shape index (κ3) is 2.84. The van der Waals surface area contributed by atoms with Crippen LogP contribution in [0.1, 0.15) is 23.2 Å². The van der Waals surface area contributed by atoms with Gasteiger partial charge in [-0.25, -0.2) is 0 Å². The molecule has 2 rings (SSSR count). The molecule has 1 unspecified atom stereocenters. The maximum Gasteiger partial charge on any atom is 0.253 e. The third-order valence-electron chi connectivity index (χ3n) is 3.03. The molecule has 0 spiro atoms. The molecule has 1 saturated heterocycles. The predicted octanol–water partition coefficient (Wildman–Crippen LogP) is 1.04. The Hall–Kier alpha value is -1.84. The molecule has 1 aromatic rings. The van der Waals surface area contributed by atoms with Crippen LogP contribution in [0.25, 0.3) is 0 Å². The zero-order valence-corrected chi connectivity index (χ0v) is 9.63. The summed E-state index contributed by atoms with van der Waals surface area (Å²) in [5, 5.41) is 2.75. The molecule has 4 heteroatoms. The quantitative estimate of drug-likeness (QED) is 0.791. The molecule has 1 aliphatic rings. The van der Waals surface area contributed by atoms with Gasteiger partial charge in [-0.3, -0.25) is 9.59 Å². The molecule has 0 radical (unpaired) electrons. The first-order chi connectivity index (χ1) is 8.31. The van der Waals surface area contributed by atoms with Crippen LogP contribution in [0.4, 0.5) is 0 Å². The fourth-order valence-corrected chi connectivity index (χ4v) is 2.16. The van der Waals surface area contributed by atoms with E-state index in [2.05, 4.69) is 5.32 Å². The van der Waals surface area contributed by atoms with E-state index < -0.39 is 0 Å². The molecule has 2 amide bonds. The van der Waals surface area contributed by atoms with Crippen LogP contribution in [0, 0.1) is 0 Å². The summed E-state index contributed by atoms with van der Waals surface area (Å²) < 4.78 is 0. The van der Waals surface area contributed by atoms with E-state index in [1.807, 2.05) is 30.3 Å². The van der Waals surface area contributed by atoms with Crippen LogP contribution in [0.3, 0.4) is 0 Å². The number of carbonyl (C=O) groups excluding carboxylic acids is 2. The molecule has 4 nitrogen and oxygen atoms in total. The molecule has 90 valence electrons. The highest BCUT2D eigenvalue weighted by molar-refractivity contribution is 5.94. The first-order valence-corrected chi connectivity index (χ1v) is 5.85. The summed E-state index contributed by atoms with van der Waals surface area (Å²) in [6.07, 6.45) is 2.59. The van der Waals surface area contributed by atoms with E-state index in [1.54, 1.807) is 4.90 Å². The van der Waals surface area contributed by atoms with Gasteiger partial charge in [-0.1, -0.05) is 18.2 Å². The number of likely N-dealkylation sites (tertiary alicyclic amines) is 1. The smallest absolute Gasteiger partial charge is 0.253 e. The van der Waals surface area contributed by atoms with Crippen molar-refractivity contribution >= 4 is 12.3 Å². The van der Waals surface area contributed by atoms with E-state index in [1.165, 1.54) is 0 Å². The molecule has 1 heterocycles. The molecule has 0 aliphatic carbocycles. The monoisotopic (exact) mass is 232 g/mol. The third-order valence-corrected chi connectivity index (χ3v) is 3.03. The number of benzene rings is 1. The molecule has 0 saturated carbocycles. The van der Waals surface area contributed by atoms with Gasteiger partial charge in [-0.15, -0.1) is 0 Å². The zero-order valence-electron chi connectivity index (χ0n) is 9.63. The van der Waals surface area contributed by atoms with Gasteiger partial charge < -0.3 is 10.2 Å². The Bertz CT molecular complexity index is 392. The minimum atomic E-state index is 0.0444. The standard InChI is InChI=1S/C13H16N2O2/c16-10-14-12-7-4-8-15(9-12)13(17)11-5-2-1-3-6-11/h1-3,5-6,10,12H,4,7-9H2,(H,14,16). The lowest BCUT2D eigenvalue weighted by Gasteiger charge is -2.32. The molecular formula is C13H16N2O2. The summed E-state index contributed by atoms with van der Waals surface area (Å²) in [7, 11) is 0. The maximum absolute atomic E-state index is 12.2. The van der Waals surface area contributed by atoms with Gasteiger partial charge in [0.25, 0.3) is 5.91 Å². The second-order valence-electron chi connectivity index (χ2n) is 4.24. The average molecular weight is 232 g/mol. The van der Waals surface area contributed by atoms with Gasteiger partial charge in [0.15, 0.2) is 0 Å². The van der Waals surface area contributed by atoms with Crippen LogP contribution in [0.2, 0.25) is 0 Å². The molecule has 1 aliphatic heterocycles. The molecule has 1 aromatic carbocycles. The fourth-order valence-electron chi connectivity index (χ4n) is 2.16. The van der Waals surface area contributed by atoms with Crippen molar-refractivity contribution in [2.75, 3.05) is 13.1 Å². The van der Waals surface area contributed by atoms with Crippen molar-refractivity contribution in [1.82, 2.24) is 10.2 Å². The van der Waals surface area contributed by atoms with Crippen LogP contribution < -0.4 is 5.32 Å². The van der Waals surface area contributed by atoms with Gasteiger partial charge in [0.05, 0.1) is 0 Å². The highest BCUT2D eigenvalue weighted by atomic mass is 16.2. The van der Waals surface area contributed by atoms with Gasteiger partial charge in [-0.05, 0) is 25.0 Å².